The summed E-state index contributed by atoms with van der Waals surface area (Å²) >= 11 is 0. The first-order valence-corrected chi connectivity index (χ1v) is 4.62. The smallest absolute Gasteiger partial charge is 0.306 e. The van der Waals surface area contributed by atoms with Gasteiger partial charge in [-0.1, -0.05) is 19.1 Å². The number of ether oxygens (including phenoxy) is 1. The lowest BCUT2D eigenvalue weighted by molar-refractivity contribution is -0.144. The Balaban J connectivity index is 2.38. The zero-order valence-corrected chi connectivity index (χ0v) is 8.13. The average Bonchev–Trinajstić information content (AvgIpc) is 2.17. The number of hydrogen-bond acceptors (Lipinski definition) is 2. The second kappa shape index (κ2) is 5.37. The molecule has 0 bridgehead atoms. The van der Waals surface area contributed by atoms with Crippen molar-refractivity contribution >= 4 is 5.97 Å². The third-order valence-corrected chi connectivity index (χ3v) is 1.77. The molecule has 0 aliphatic carbocycles. The Morgan fingerprint density at radius 1 is 1.36 bits per heavy atom. The molecule has 0 atom stereocenters. The molecule has 0 heterocycles. The molecule has 0 saturated heterocycles. The molecule has 0 saturated carbocycles. The van der Waals surface area contributed by atoms with Gasteiger partial charge in [0.05, 0.1) is 0 Å². The van der Waals surface area contributed by atoms with Gasteiger partial charge in [-0.3, -0.25) is 4.79 Å². The number of rotatable bonds is 4. The van der Waals surface area contributed by atoms with Crippen LogP contribution >= 0.6 is 0 Å². The molecule has 1 aromatic rings. The van der Waals surface area contributed by atoms with Crippen LogP contribution < -0.4 is 0 Å². The summed E-state index contributed by atoms with van der Waals surface area (Å²) in [5, 5.41) is 0. The molecule has 3 heteroatoms. The number of esters is 1. The highest BCUT2D eigenvalue weighted by molar-refractivity contribution is 5.69. The summed E-state index contributed by atoms with van der Waals surface area (Å²) in [6.07, 6.45) is 1.21. The molecule has 0 aromatic heterocycles. The first-order valence-electron chi connectivity index (χ1n) is 4.62. The van der Waals surface area contributed by atoms with E-state index >= 15 is 0 Å². The molecule has 2 nitrogen and oxygen atoms in total. The van der Waals surface area contributed by atoms with Gasteiger partial charge in [0.2, 0.25) is 0 Å². The van der Waals surface area contributed by atoms with Crippen LogP contribution in [0.5, 0.6) is 0 Å². The van der Waals surface area contributed by atoms with Gasteiger partial charge in [0.25, 0.3) is 0 Å². The fourth-order valence-electron chi connectivity index (χ4n) is 1.02. The minimum atomic E-state index is -0.284. The van der Waals surface area contributed by atoms with E-state index in [0.717, 1.165) is 12.0 Å². The molecule has 0 aliphatic heterocycles. The van der Waals surface area contributed by atoms with E-state index < -0.39 is 0 Å². The Kier molecular flexibility index (Phi) is 4.11. The summed E-state index contributed by atoms with van der Waals surface area (Å²) in [7, 11) is 0. The second-order valence-corrected chi connectivity index (χ2v) is 3.04. The fraction of sp³-hybridized carbons (Fsp3) is 0.364. The predicted octanol–water partition coefficient (Wildman–Crippen LogP) is 2.67. The first kappa shape index (κ1) is 10.7. The molecule has 0 fully saturated rings. The van der Waals surface area contributed by atoms with Crippen LogP contribution in [0.2, 0.25) is 0 Å². The van der Waals surface area contributed by atoms with Crippen LogP contribution in [0.1, 0.15) is 25.3 Å². The van der Waals surface area contributed by atoms with Crippen molar-refractivity contribution in [1.29, 1.82) is 0 Å². The van der Waals surface area contributed by atoms with E-state index in [1.807, 2.05) is 6.92 Å². The summed E-state index contributed by atoms with van der Waals surface area (Å²) in [6, 6.07) is 5.91. The second-order valence-electron chi connectivity index (χ2n) is 3.04. The van der Waals surface area contributed by atoms with Gasteiger partial charge in [-0.05, 0) is 24.1 Å². The average molecular weight is 196 g/mol. The third-order valence-electron chi connectivity index (χ3n) is 1.77. The van der Waals surface area contributed by atoms with E-state index in [2.05, 4.69) is 0 Å². The van der Waals surface area contributed by atoms with Gasteiger partial charge in [0.15, 0.2) is 0 Å². The van der Waals surface area contributed by atoms with Crippen LogP contribution in [0.3, 0.4) is 0 Å². The topological polar surface area (TPSA) is 26.3 Å². The monoisotopic (exact) mass is 196 g/mol. The van der Waals surface area contributed by atoms with Crippen LogP contribution in [0.15, 0.2) is 24.3 Å². The van der Waals surface area contributed by atoms with Crippen molar-refractivity contribution in [3.05, 3.63) is 35.6 Å². The molecule has 0 unspecified atom stereocenters. The molecule has 14 heavy (non-hydrogen) atoms. The van der Waals surface area contributed by atoms with Crippen LogP contribution in [-0.2, 0) is 16.1 Å². The molecule has 1 rings (SSSR count). The lowest BCUT2D eigenvalue weighted by Gasteiger charge is -2.03. The van der Waals surface area contributed by atoms with Crippen molar-refractivity contribution in [2.75, 3.05) is 0 Å². The number of halogens is 1. The zero-order valence-electron chi connectivity index (χ0n) is 8.13. The largest absolute Gasteiger partial charge is 0.461 e. The van der Waals surface area contributed by atoms with E-state index in [9.17, 15) is 9.18 Å². The Morgan fingerprint density at radius 2 is 2.00 bits per heavy atom. The molecule has 0 amide bonds. The standard InChI is InChI=1S/C11H13FO2/c1-2-3-11(13)14-8-9-4-6-10(12)7-5-9/h4-7H,2-3,8H2,1H3. The van der Waals surface area contributed by atoms with E-state index in [1.54, 1.807) is 12.1 Å². The quantitative estimate of drug-likeness (QED) is 0.692. The van der Waals surface area contributed by atoms with Crippen LogP contribution in [0.4, 0.5) is 4.39 Å². The van der Waals surface area contributed by atoms with E-state index in [-0.39, 0.29) is 18.4 Å². The van der Waals surface area contributed by atoms with Gasteiger partial charge in [-0.2, -0.15) is 0 Å². The highest BCUT2D eigenvalue weighted by Gasteiger charge is 2.01. The van der Waals surface area contributed by atoms with Gasteiger partial charge in [-0.25, -0.2) is 4.39 Å². The van der Waals surface area contributed by atoms with E-state index in [1.165, 1.54) is 12.1 Å². The number of hydrogen-bond donors (Lipinski definition) is 0. The zero-order chi connectivity index (χ0) is 10.4. The molecule has 0 spiro atoms. The van der Waals surface area contributed by atoms with E-state index in [0.29, 0.717) is 6.42 Å². The maximum Gasteiger partial charge on any atom is 0.306 e. The normalized spacial score (nSPS) is 9.86. The number of carbonyl (C=O) groups is 1. The predicted molar refractivity (Wildman–Crippen MR) is 51.1 cm³/mol. The van der Waals surface area contributed by atoms with Crippen molar-refractivity contribution in [3.63, 3.8) is 0 Å². The number of carbonyl (C=O) groups excluding carboxylic acids is 1. The van der Waals surface area contributed by atoms with Crippen molar-refractivity contribution in [2.24, 2.45) is 0 Å². The highest BCUT2D eigenvalue weighted by Crippen LogP contribution is 2.05. The van der Waals surface area contributed by atoms with Gasteiger partial charge in [-0.15, -0.1) is 0 Å². The van der Waals surface area contributed by atoms with Crippen molar-refractivity contribution in [1.82, 2.24) is 0 Å². The molecular weight excluding hydrogens is 183 g/mol. The number of benzene rings is 1. The van der Waals surface area contributed by atoms with Gasteiger partial charge in [0.1, 0.15) is 12.4 Å². The molecule has 0 N–H and O–H groups in total. The van der Waals surface area contributed by atoms with Crippen LogP contribution in [0, 0.1) is 5.82 Å². The van der Waals surface area contributed by atoms with Crippen molar-refractivity contribution in [2.45, 2.75) is 26.4 Å². The van der Waals surface area contributed by atoms with Crippen LogP contribution in [0.25, 0.3) is 0 Å². The minimum absolute atomic E-state index is 0.211. The van der Waals surface area contributed by atoms with Crippen LogP contribution in [-0.4, -0.2) is 5.97 Å². The first-order chi connectivity index (χ1) is 6.72. The van der Waals surface area contributed by atoms with E-state index in [4.69, 9.17) is 4.74 Å². The summed E-state index contributed by atoms with van der Waals surface area (Å²) in [5.41, 5.74) is 0.802. The summed E-state index contributed by atoms with van der Waals surface area (Å²) < 4.78 is 17.4. The Morgan fingerprint density at radius 3 is 2.57 bits per heavy atom. The molecule has 0 radical (unpaired) electrons. The van der Waals surface area contributed by atoms with Gasteiger partial charge in [0, 0.05) is 6.42 Å². The lowest BCUT2D eigenvalue weighted by Crippen LogP contribution is -2.03. The third kappa shape index (κ3) is 3.56. The van der Waals surface area contributed by atoms with Gasteiger partial charge >= 0.3 is 5.97 Å². The summed E-state index contributed by atoms with van der Waals surface area (Å²) in [5.74, 6) is -0.495. The minimum Gasteiger partial charge on any atom is -0.461 e. The maximum atomic E-state index is 12.5. The SMILES string of the molecule is CCCC(=O)OCc1ccc(F)cc1. The summed E-state index contributed by atoms with van der Waals surface area (Å²) in [4.78, 5) is 11.0. The van der Waals surface area contributed by atoms with Gasteiger partial charge < -0.3 is 4.74 Å². The van der Waals surface area contributed by atoms with Crippen molar-refractivity contribution in [3.8, 4) is 0 Å². The molecular formula is C11H13FO2. The highest BCUT2D eigenvalue weighted by atomic mass is 19.1. The Labute approximate surface area is 82.7 Å². The Bertz CT molecular complexity index is 293. The summed E-state index contributed by atoms with van der Waals surface area (Å²) in [6.45, 7) is 2.14. The molecule has 0 aliphatic rings. The molecule has 76 valence electrons. The fourth-order valence-corrected chi connectivity index (χ4v) is 1.02. The molecule has 1 aromatic carbocycles. The maximum absolute atomic E-state index is 12.5. The lowest BCUT2D eigenvalue weighted by atomic mass is 10.2. The van der Waals surface area contributed by atoms with Crippen molar-refractivity contribution < 1.29 is 13.9 Å². The Hall–Kier alpha value is -1.38.